The molecule has 1 heterocycles. The van der Waals surface area contributed by atoms with Crippen molar-refractivity contribution in [1.29, 1.82) is 0 Å². The molecule has 3 rings (SSSR count). The summed E-state index contributed by atoms with van der Waals surface area (Å²) in [6.45, 7) is 0.495. The highest BCUT2D eigenvalue weighted by Gasteiger charge is 2.34. The van der Waals surface area contributed by atoms with Crippen LogP contribution >= 0.6 is 34.8 Å². The number of amides is 1. The maximum atomic E-state index is 12.9. The molecular formula is C20H25Cl3N4O. The summed E-state index contributed by atoms with van der Waals surface area (Å²) in [7, 11) is 0. The van der Waals surface area contributed by atoms with Gasteiger partial charge >= 0.3 is 0 Å². The van der Waals surface area contributed by atoms with Gasteiger partial charge in [0, 0.05) is 6.04 Å². The number of rotatable bonds is 5. The fourth-order valence-corrected chi connectivity index (χ4v) is 3.90. The number of aryl methyl sites for hydroxylation is 2. The van der Waals surface area contributed by atoms with Gasteiger partial charge in [-0.2, -0.15) is 9.90 Å². The maximum absolute atomic E-state index is 12.9. The highest BCUT2D eigenvalue weighted by molar-refractivity contribution is 6.66. The number of halogens is 3. The Morgan fingerprint density at radius 1 is 1.04 bits per heavy atom. The van der Waals surface area contributed by atoms with Gasteiger partial charge in [-0.25, -0.2) is 0 Å². The second kappa shape index (κ2) is 9.95. The highest BCUT2D eigenvalue weighted by atomic mass is 35.6. The average Bonchev–Trinajstić information content (AvgIpc) is 3.08. The third kappa shape index (κ3) is 6.10. The minimum absolute atomic E-state index is 0.0777. The highest BCUT2D eigenvalue weighted by Crippen LogP contribution is 2.38. The van der Waals surface area contributed by atoms with Gasteiger partial charge in [0.15, 0.2) is 5.69 Å². The summed E-state index contributed by atoms with van der Waals surface area (Å²) < 4.78 is -1.81. The Balaban J connectivity index is 1.72. The fourth-order valence-electron chi connectivity index (χ4n) is 3.52. The van der Waals surface area contributed by atoms with Crippen molar-refractivity contribution in [3.05, 3.63) is 47.3 Å². The minimum atomic E-state index is -1.81. The number of carbonyl (C=O) groups is 1. The fraction of sp³-hybridized carbons (Fsp3) is 0.550. The van der Waals surface area contributed by atoms with Crippen LogP contribution in [0.3, 0.4) is 0 Å². The zero-order chi connectivity index (χ0) is 20.0. The summed E-state index contributed by atoms with van der Waals surface area (Å²) in [4.78, 5) is 14.3. The Morgan fingerprint density at radius 2 is 1.68 bits per heavy atom. The van der Waals surface area contributed by atoms with Gasteiger partial charge in [-0.15, -0.1) is 5.10 Å². The Kier molecular flexibility index (Phi) is 7.61. The Morgan fingerprint density at radius 3 is 2.32 bits per heavy atom. The van der Waals surface area contributed by atoms with Crippen LogP contribution < -0.4 is 5.32 Å². The van der Waals surface area contributed by atoms with E-state index >= 15 is 0 Å². The van der Waals surface area contributed by atoms with Gasteiger partial charge in [0.05, 0.1) is 6.54 Å². The van der Waals surface area contributed by atoms with Crippen LogP contribution in [0.15, 0.2) is 30.3 Å². The van der Waals surface area contributed by atoms with Crippen LogP contribution in [-0.2, 0) is 16.8 Å². The molecule has 1 saturated carbocycles. The van der Waals surface area contributed by atoms with Crippen molar-refractivity contribution in [2.24, 2.45) is 0 Å². The number of aromatic nitrogens is 3. The molecular weight excluding hydrogens is 419 g/mol. The number of benzene rings is 1. The third-order valence-corrected chi connectivity index (χ3v) is 5.56. The first-order chi connectivity index (χ1) is 13.4. The number of hydrogen-bond acceptors (Lipinski definition) is 3. The Bertz CT molecular complexity index is 766. The molecule has 0 unspecified atom stereocenters. The summed E-state index contributed by atoms with van der Waals surface area (Å²) >= 11 is 18.2. The van der Waals surface area contributed by atoms with Crippen molar-refractivity contribution < 1.29 is 4.79 Å². The molecule has 152 valence electrons. The number of hydrogen-bond donors (Lipinski definition) is 1. The SMILES string of the molecule is O=C(NC1CCCCCCC1)c1nn(CCc2ccccc2)nc1C(Cl)(Cl)Cl. The van der Waals surface area contributed by atoms with E-state index in [1.54, 1.807) is 0 Å². The molecule has 1 N–H and O–H groups in total. The number of carbonyl (C=O) groups excluding carboxylic acids is 1. The second-order valence-electron chi connectivity index (χ2n) is 7.24. The van der Waals surface area contributed by atoms with Gasteiger partial charge in [-0.1, -0.05) is 97.2 Å². The molecule has 28 heavy (non-hydrogen) atoms. The van der Waals surface area contributed by atoms with E-state index in [0.717, 1.165) is 37.7 Å². The van der Waals surface area contributed by atoms with Crippen molar-refractivity contribution in [2.45, 2.75) is 67.7 Å². The van der Waals surface area contributed by atoms with E-state index < -0.39 is 3.79 Å². The number of nitrogens with zero attached hydrogens (tertiary/aromatic N) is 3. The Labute approximate surface area is 180 Å². The van der Waals surface area contributed by atoms with Crippen LogP contribution in [0.25, 0.3) is 0 Å². The van der Waals surface area contributed by atoms with E-state index in [2.05, 4.69) is 15.5 Å². The quantitative estimate of drug-likeness (QED) is 0.647. The van der Waals surface area contributed by atoms with Gasteiger partial charge in [-0.05, 0) is 24.8 Å². The molecule has 0 spiro atoms. The number of alkyl halides is 3. The van der Waals surface area contributed by atoms with Crippen molar-refractivity contribution in [1.82, 2.24) is 20.3 Å². The molecule has 0 saturated heterocycles. The smallest absolute Gasteiger partial charge is 0.274 e. The molecule has 2 aromatic rings. The van der Waals surface area contributed by atoms with Crippen LogP contribution in [-0.4, -0.2) is 26.9 Å². The summed E-state index contributed by atoms with van der Waals surface area (Å²) in [6, 6.07) is 10.1. The van der Waals surface area contributed by atoms with Crippen molar-refractivity contribution in [2.75, 3.05) is 0 Å². The predicted molar refractivity (Wildman–Crippen MR) is 113 cm³/mol. The zero-order valence-electron chi connectivity index (χ0n) is 15.7. The van der Waals surface area contributed by atoms with Crippen LogP contribution in [0.5, 0.6) is 0 Å². The topological polar surface area (TPSA) is 59.8 Å². The van der Waals surface area contributed by atoms with Crippen molar-refractivity contribution in [3.63, 3.8) is 0 Å². The average molecular weight is 444 g/mol. The van der Waals surface area contributed by atoms with Gasteiger partial charge in [0.2, 0.25) is 3.79 Å². The van der Waals surface area contributed by atoms with E-state index in [1.807, 2.05) is 30.3 Å². The first kappa shape index (κ1) is 21.4. The summed E-state index contributed by atoms with van der Waals surface area (Å²) in [6.07, 6.45) is 8.58. The zero-order valence-corrected chi connectivity index (χ0v) is 18.0. The third-order valence-electron chi connectivity index (χ3n) is 5.02. The van der Waals surface area contributed by atoms with E-state index in [1.165, 1.54) is 24.1 Å². The molecule has 1 amide bonds. The predicted octanol–water partition coefficient (Wildman–Crippen LogP) is 5.19. The van der Waals surface area contributed by atoms with Crippen LogP contribution in [0.4, 0.5) is 0 Å². The summed E-state index contributed by atoms with van der Waals surface area (Å²) in [5.74, 6) is -0.321. The normalized spacial score (nSPS) is 16.4. The standard InChI is InChI=1S/C20H25Cl3N4O/c21-20(22,23)18-17(19(28)24-16-11-7-2-1-3-8-12-16)25-27(26-18)14-13-15-9-5-4-6-10-15/h4-6,9-10,16H,1-3,7-8,11-14H2,(H,24,28). The lowest BCUT2D eigenvalue weighted by molar-refractivity contribution is 0.0923. The van der Waals surface area contributed by atoms with Crippen LogP contribution in [0.2, 0.25) is 0 Å². The van der Waals surface area contributed by atoms with Gasteiger partial charge in [0.25, 0.3) is 5.91 Å². The minimum Gasteiger partial charge on any atom is -0.348 e. The van der Waals surface area contributed by atoms with E-state index in [-0.39, 0.29) is 23.3 Å². The molecule has 5 nitrogen and oxygen atoms in total. The second-order valence-corrected chi connectivity index (χ2v) is 9.52. The molecule has 1 fully saturated rings. The van der Waals surface area contributed by atoms with Gasteiger partial charge < -0.3 is 5.32 Å². The molecule has 1 aromatic carbocycles. The van der Waals surface area contributed by atoms with Crippen LogP contribution in [0, 0.1) is 0 Å². The molecule has 0 bridgehead atoms. The van der Waals surface area contributed by atoms with Crippen molar-refractivity contribution >= 4 is 40.7 Å². The monoisotopic (exact) mass is 442 g/mol. The molecule has 1 aliphatic carbocycles. The summed E-state index contributed by atoms with van der Waals surface area (Å²) in [5, 5.41) is 11.7. The molecule has 0 radical (unpaired) electrons. The van der Waals surface area contributed by atoms with E-state index in [4.69, 9.17) is 34.8 Å². The lowest BCUT2D eigenvalue weighted by Gasteiger charge is -2.21. The molecule has 0 atom stereocenters. The van der Waals surface area contributed by atoms with Gasteiger partial charge in [0.1, 0.15) is 5.69 Å². The molecule has 0 aliphatic heterocycles. The Hall–Kier alpha value is -1.30. The molecule has 1 aromatic heterocycles. The largest absolute Gasteiger partial charge is 0.348 e. The first-order valence-electron chi connectivity index (χ1n) is 9.80. The lowest BCUT2D eigenvalue weighted by atomic mass is 9.96. The maximum Gasteiger partial charge on any atom is 0.274 e. The lowest BCUT2D eigenvalue weighted by Crippen LogP contribution is -2.36. The van der Waals surface area contributed by atoms with E-state index in [9.17, 15) is 4.79 Å². The number of nitrogens with one attached hydrogen (secondary N) is 1. The molecule has 1 aliphatic rings. The van der Waals surface area contributed by atoms with Gasteiger partial charge in [-0.3, -0.25) is 4.79 Å². The first-order valence-corrected chi connectivity index (χ1v) is 10.9. The van der Waals surface area contributed by atoms with Crippen molar-refractivity contribution in [3.8, 4) is 0 Å². The van der Waals surface area contributed by atoms with Crippen LogP contribution in [0.1, 0.15) is 66.7 Å². The molecule has 8 heteroatoms. The van der Waals surface area contributed by atoms with E-state index in [0.29, 0.717) is 6.54 Å². The summed E-state index contributed by atoms with van der Waals surface area (Å²) in [5.41, 5.74) is 1.32.